The van der Waals surface area contributed by atoms with Crippen LogP contribution in [0.4, 0.5) is 0 Å². The summed E-state index contributed by atoms with van der Waals surface area (Å²) in [5, 5.41) is 0. The van der Waals surface area contributed by atoms with Crippen molar-refractivity contribution in [2.24, 2.45) is 0 Å². The number of ether oxygens (including phenoxy) is 4. The van der Waals surface area contributed by atoms with Crippen molar-refractivity contribution in [2.45, 2.75) is 115 Å². The third-order valence-corrected chi connectivity index (χ3v) is 14.1. The standard InChI is InChI=1S/C31H48O6Si/c1-21(2)38(22(3)4,23(5)6)37-28(14-13-27-17-24(7)15-16-34-27)29(18-30-31(19-32)36-30)35-20-25-9-11-26(33-8)12-10-25/h9-15,19,21-23,27-31H,16-18,20H2,1-8H3/b14-13+/t27-,28+,29-,30+,31+/m1/s1. The fourth-order valence-corrected chi connectivity index (χ4v) is 11.4. The number of methoxy groups -OCH3 is 1. The molecule has 2 aliphatic heterocycles. The van der Waals surface area contributed by atoms with E-state index >= 15 is 0 Å². The summed E-state index contributed by atoms with van der Waals surface area (Å²) < 4.78 is 30.9. The highest BCUT2D eigenvalue weighted by Gasteiger charge is 2.49. The van der Waals surface area contributed by atoms with Crippen LogP contribution in [0.5, 0.6) is 5.75 Å². The summed E-state index contributed by atoms with van der Waals surface area (Å²) in [5.41, 5.74) is 3.68. The number of hydrogen-bond acceptors (Lipinski definition) is 6. The highest BCUT2D eigenvalue weighted by atomic mass is 28.4. The number of carbonyl (C=O) groups is 1. The molecular formula is C31H48O6Si. The predicted octanol–water partition coefficient (Wildman–Crippen LogP) is 6.79. The first-order valence-electron chi connectivity index (χ1n) is 14.1. The van der Waals surface area contributed by atoms with Crippen LogP contribution in [0.15, 0.2) is 48.1 Å². The van der Waals surface area contributed by atoms with Gasteiger partial charge in [-0.2, -0.15) is 0 Å². The molecule has 0 aliphatic carbocycles. The Morgan fingerprint density at radius 1 is 1.05 bits per heavy atom. The average molecular weight is 545 g/mol. The average Bonchev–Trinajstić information content (AvgIpc) is 3.64. The third-order valence-electron chi connectivity index (χ3n) is 8.04. The van der Waals surface area contributed by atoms with Crippen LogP contribution in [0.1, 0.15) is 66.9 Å². The fourth-order valence-electron chi connectivity index (χ4n) is 5.93. The molecule has 0 radical (unpaired) electrons. The van der Waals surface area contributed by atoms with Gasteiger partial charge in [0.25, 0.3) is 0 Å². The fraction of sp³-hybridized carbons (Fsp3) is 0.645. The maximum absolute atomic E-state index is 11.4. The summed E-state index contributed by atoms with van der Waals surface area (Å²) >= 11 is 0. The van der Waals surface area contributed by atoms with Gasteiger partial charge in [-0.05, 0) is 47.7 Å². The summed E-state index contributed by atoms with van der Waals surface area (Å²) in [6.45, 7) is 17.0. The Balaban J connectivity index is 1.92. The first-order chi connectivity index (χ1) is 18.1. The molecule has 0 saturated carbocycles. The van der Waals surface area contributed by atoms with Crippen LogP contribution in [0, 0.1) is 0 Å². The van der Waals surface area contributed by atoms with E-state index in [1.54, 1.807) is 7.11 Å². The molecule has 7 heteroatoms. The lowest BCUT2D eigenvalue weighted by Gasteiger charge is -2.45. The Hall–Kier alpha value is -1.77. The Morgan fingerprint density at radius 2 is 1.71 bits per heavy atom. The normalized spacial score (nSPS) is 23.7. The van der Waals surface area contributed by atoms with Crippen molar-refractivity contribution in [3.63, 3.8) is 0 Å². The van der Waals surface area contributed by atoms with Gasteiger partial charge in [-0.3, -0.25) is 0 Å². The maximum atomic E-state index is 11.4. The van der Waals surface area contributed by atoms with Crippen molar-refractivity contribution in [2.75, 3.05) is 13.7 Å². The molecule has 0 spiro atoms. The number of aldehydes is 1. The van der Waals surface area contributed by atoms with Gasteiger partial charge < -0.3 is 28.2 Å². The van der Waals surface area contributed by atoms with Gasteiger partial charge in [-0.25, -0.2) is 0 Å². The van der Waals surface area contributed by atoms with Gasteiger partial charge in [0.1, 0.15) is 11.9 Å². The largest absolute Gasteiger partial charge is 0.497 e. The Bertz CT molecular complexity index is 916. The third kappa shape index (κ3) is 7.88. The maximum Gasteiger partial charge on any atom is 0.201 e. The van der Waals surface area contributed by atoms with Crippen molar-refractivity contribution in [3.8, 4) is 5.75 Å². The number of benzene rings is 1. The lowest BCUT2D eigenvalue weighted by molar-refractivity contribution is -0.108. The van der Waals surface area contributed by atoms with Gasteiger partial charge in [-0.1, -0.05) is 77.5 Å². The van der Waals surface area contributed by atoms with Gasteiger partial charge in [0.2, 0.25) is 8.32 Å². The molecule has 0 amide bonds. The molecule has 1 aromatic carbocycles. The van der Waals surface area contributed by atoms with Crippen LogP contribution < -0.4 is 4.74 Å². The topological polar surface area (TPSA) is 66.5 Å². The van der Waals surface area contributed by atoms with E-state index in [0.29, 0.717) is 36.3 Å². The summed E-state index contributed by atoms with van der Waals surface area (Å²) in [5.74, 6) is 0.813. The number of hydrogen-bond donors (Lipinski definition) is 0. The van der Waals surface area contributed by atoms with Crippen molar-refractivity contribution < 1.29 is 28.2 Å². The molecule has 3 rings (SSSR count). The van der Waals surface area contributed by atoms with Gasteiger partial charge in [0, 0.05) is 6.42 Å². The zero-order valence-electron chi connectivity index (χ0n) is 24.5. The molecule has 38 heavy (non-hydrogen) atoms. The highest BCUT2D eigenvalue weighted by molar-refractivity contribution is 6.77. The molecule has 0 unspecified atom stereocenters. The molecule has 0 bridgehead atoms. The van der Waals surface area contributed by atoms with Crippen LogP contribution in [0.2, 0.25) is 16.6 Å². The number of rotatable bonds is 15. The quantitative estimate of drug-likeness (QED) is 0.105. The van der Waals surface area contributed by atoms with E-state index in [0.717, 1.165) is 24.0 Å². The van der Waals surface area contributed by atoms with Crippen LogP contribution in [-0.4, -0.2) is 58.8 Å². The van der Waals surface area contributed by atoms with Crippen LogP contribution in [-0.2, 0) is 30.0 Å². The zero-order valence-corrected chi connectivity index (χ0v) is 25.5. The van der Waals surface area contributed by atoms with Crippen LogP contribution >= 0.6 is 0 Å². The second kappa shape index (κ2) is 14.0. The smallest absolute Gasteiger partial charge is 0.201 e. The van der Waals surface area contributed by atoms with Crippen molar-refractivity contribution in [1.82, 2.24) is 0 Å². The predicted molar refractivity (Wildman–Crippen MR) is 154 cm³/mol. The minimum atomic E-state index is -2.24. The molecule has 2 aliphatic rings. The molecule has 1 saturated heterocycles. The minimum Gasteiger partial charge on any atom is -0.497 e. The van der Waals surface area contributed by atoms with Crippen molar-refractivity contribution in [1.29, 1.82) is 0 Å². The minimum absolute atomic E-state index is 0.0152. The molecule has 2 heterocycles. The molecule has 1 aromatic rings. The van der Waals surface area contributed by atoms with E-state index in [1.807, 2.05) is 24.3 Å². The summed E-state index contributed by atoms with van der Waals surface area (Å²) in [7, 11) is -0.577. The van der Waals surface area contributed by atoms with E-state index in [2.05, 4.69) is 66.7 Å². The number of carbonyl (C=O) groups excluding carboxylic acids is 1. The van der Waals surface area contributed by atoms with E-state index in [9.17, 15) is 4.79 Å². The van der Waals surface area contributed by atoms with Crippen molar-refractivity contribution in [3.05, 3.63) is 53.6 Å². The summed E-state index contributed by atoms with van der Waals surface area (Å²) in [4.78, 5) is 11.4. The number of epoxide rings is 1. The summed E-state index contributed by atoms with van der Waals surface area (Å²) in [6.07, 6.45) is 7.77. The molecule has 0 N–H and O–H groups in total. The zero-order chi connectivity index (χ0) is 27.9. The first-order valence-corrected chi connectivity index (χ1v) is 16.2. The lowest BCUT2D eigenvalue weighted by Crippen LogP contribution is -2.52. The van der Waals surface area contributed by atoms with Gasteiger partial charge in [0.15, 0.2) is 6.29 Å². The Kier molecular flexibility index (Phi) is 11.4. The van der Waals surface area contributed by atoms with Gasteiger partial charge in [0.05, 0.1) is 44.7 Å². The molecule has 5 atom stereocenters. The Labute approximate surface area is 230 Å². The molecule has 212 valence electrons. The first kappa shape index (κ1) is 30.8. The van der Waals surface area contributed by atoms with Gasteiger partial charge in [-0.15, -0.1) is 0 Å². The van der Waals surface area contributed by atoms with Crippen LogP contribution in [0.3, 0.4) is 0 Å². The SMILES string of the molecule is COc1ccc(CO[C@H](C[C@@H]2O[C@H]2C=O)[C@H](/C=C/[C@@H]2CC(C)=CCO2)O[Si](C(C)C)(C(C)C)C(C)C)cc1. The van der Waals surface area contributed by atoms with E-state index in [-0.39, 0.29) is 30.5 Å². The van der Waals surface area contributed by atoms with Crippen molar-refractivity contribution >= 4 is 14.6 Å². The van der Waals surface area contributed by atoms with E-state index in [4.69, 9.17) is 23.4 Å². The van der Waals surface area contributed by atoms with E-state index in [1.165, 1.54) is 5.57 Å². The van der Waals surface area contributed by atoms with Gasteiger partial charge >= 0.3 is 0 Å². The second-order valence-electron chi connectivity index (χ2n) is 11.6. The molecular weight excluding hydrogens is 496 g/mol. The summed E-state index contributed by atoms with van der Waals surface area (Å²) in [6, 6.07) is 7.92. The van der Waals surface area contributed by atoms with Crippen LogP contribution in [0.25, 0.3) is 0 Å². The lowest BCUT2D eigenvalue weighted by atomic mass is 10.0. The molecule has 6 nitrogen and oxygen atoms in total. The van der Waals surface area contributed by atoms with E-state index < -0.39 is 8.32 Å². The monoisotopic (exact) mass is 544 g/mol. The molecule has 0 aromatic heterocycles. The molecule has 1 fully saturated rings. The second-order valence-corrected chi connectivity index (χ2v) is 17.0. The Morgan fingerprint density at radius 3 is 2.24 bits per heavy atom. The highest BCUT2D eigenvalue weighted by Crippen LogP contribution is 2.44.